The van der Waals surface area contributed by atoms with Crippen molar-refractivity contribution in [2.75, 3.05) is 7.11 Å². The summed E-state index contributed by atoms with van der Waals surface area (Å²) in [6.45, 7) is 1.95. The van der Waals surface area contributed by atoms with Crippen molar-refractivity contribution in [3.05, 3.63) is 47.8 Å². The van der Waals surface area contributed by atoms with E-state index in [1.165, 1.54) is 19.5 Å². The summed E-state index contributed by atoms with van der Waals surface area (Å²) in [5.41, 5.74) is 2.26. The lowest BCUT2D eigenvalue weighted by atomic mass is 10.0. The van der Waals surface area contributed by atoms with Gasteiger partial charge in [-0.2, -0.15) is 0 Å². The lowest BCUT2D eigenvalue weighted by molar-refractivity contribution is 0.0600. The zero-order chi connectivity index (χ0) is 13.8. The molecule has 0 spiro atoms. The van der Waals surface area contributed by atoms with Crippen molar-refractivity contribution in [3.63, 3.8) is 0 Å². The van der Waals surface area contributed by atoms with Crippen LogP contribution in [0.1, 0.15) is 23.0 Å². The molecule has 0 aliphatic rings. The number of rotatable bonds is 3. The van der Waals surface area contributed by atoms with Gasteiger partial charge in [-0.05, 0) is 30.2 Å². The van der Waals surface area contributed by atoms with Crippen molar-refractivity contribution in [2.45, 2.75) is 13.3 Å². The number of hydrogen-bond donors (Lipinski definition) is 0. The van der Waals surface area contributed by atoms with Crippen molar-refractivity contribution in [3.8, 4) is 11.1 Å². The third-order valence-corrected chi connectivity index (χ3v) is 2.76. The lowest BCUT2D eigenvalue weighted by Gasteiger charge is -2.08. The van der Waals surface area contributed by atoms with Crippen molar-refractivity contribution in [2.24, 2.45) is 0 Å². The number of nitrogens with zero attached hydrogens (tertiary/aromatic N) is 2. The number of carbonyl (C=O) groups excluding carboxylic acids is 1. The van der Waals surface area contributed by atoms with Gasteiger partial charge in [-0.3, -0.25) is 0 Å². The molecule has 0 atom stereocenters. The minimum absolute atomic E-state index is 0.170. The van der Waals surface area contributed by atoms with E-state index in [9.17, 15) is 9.18 Å². The number of aryl methyl sites for hydroxylation is 1. The molecule has 2 aromatic rings. The molecule has 0 aliphatic heterocycles. The number of carbonyl (C=O) groups is 1. The van der Waals surface area contributed by atoms with Gasteiger partial charge in [-0.15, -0.1) is 0 Å². The van der Waals surface area contributed by atoms with E-state index in [-0.39, 0.29) is 5.56 Å². The second-order valence-electron chi connectivity index (χ2n) is 3.96. The minimum atomic E-state index is -0.573. The number of hydrogen-bond acceptors (Lipinski definition) is 4. The normalized spacial score (nSPS) is 10.3. The molecular weight excluding hydrogens is 247 g/mol. The maximum atomic E-state index is 13.6. The van der Waals surface area contributed by atoms with Crippen molar-refractivity contribution in [1.82, 2.24) is 9.97 Å². The Kier molecular flexibility index (Phi) is 3.85. The fourth-order valence-corrected chi connectivity index (χ4v) is 1.86. The van der Waals surface area contributed by atoms with Gasteiger partial charge >= 0.3 is 5.97 Å². The molecule has 4 nitrogen and oxygen atoms in total. The molecule has 0 radical (unpaired) electrons. The molecule has 0 unspecified atom stereocenters. The standard InChI is InChI=1S/C14H13FN2O2/c1-3-13-12(7-16-8-17-13)9-4-10(14(18)19-2)6-11(15)5-9/h4-8H,3H2,1-2H3. The summed E-state index contributed by atoms with van der Waals surface area (Å²) in [5.74, 6) is -1.07. The number of esters is 1. The van der Waals surface area contributed by atoms with Gasteiger partial charge in [0.25, 0.3) is 0 Å². The van der Waals surface area contributed by atoms with Crippen LogP contribution in [0.3, 0.4) is 0 Å². The van der Waals surface area contributed by atoms with Gasteiger partial charge in [-0.1, -0.05) is 6.92 Å². The summed E-state index contributed by atoms with van der Waals surface area (Å²) in [7, 11) is 1.26. The zero-order valence-corrected chi connectivity index (χ0v) is 10.7. The Labute approximate surface area is 110 Å². The van der Waals surface area contributed by atoms with Crippen molar-refractivity contribution >= 4 is 5.97 Å². The van der Waals surface area contributed by atoms with E-state index in [0.717, 1.165) is 17.3 Å². The van der Waals surface area contributed by atoms with Crippen LogP contribution in [0.15, 0.2) is 30.7 Å². The summed E-state index contributed by atoms with van der Waals surface area (Å²) < 4.78 is 18.2. The van der Waals surface area contributed by atoms with E-state index < -0.39 is 11.8 Å². The monoisotopic (exact) mass is 260 g/mol. The van der Waals surface area contributed by atoms with Crippen molar-refractivity contribution in [1.29, 1.82) is 0 Å². The van der Waals surface area contributed by atoms with E-state index >= 15 is 0 Å². The van der Waals surface area contributed by atoms with Crippen LogP contribution >= 0.6 is 0 Å². The molecule has 98 valence electrons. The quantitative estimate of drug-likeness (QED) is 0.796. The van der Waals surface area contributed by atoms with Crippen molar-refractivity contribution < 1.29 is 13.9 Å². The van der Waals surface area contributed by atoms with Gasteiger partial charge in [0.2, 0.25) is 0 Å². The molecule has 1 aromatic carbocycles. The van der Waals surface area contributed by atoms with Crippen LogP contribution in [-0.2, 0) is 11.2 Å². The first-order chi connectivity index (χ1) is 9.15. The molecule has 0 fully saturated rings. The van der Waals surface area contributed by atoms with Gasteiger partial charge < -0.3 is 4.74 Å². The Bertz CT molecular complexity index is 614. The van der Waals surface area contributed by atoms with E-state index in [1.807, 2.05) is 6.92 Å². The van der Waals surface area contributed by atoms with Crippen LogP contribution in [0.2, 0.25) is 0 Å². The summed E-state index contributed by atoms with van der Waals surface area (Å²) in [4.78, 5) is 19.6. The predicted octanol–water partition coefficient (Wildman–Crippen LogP) is 2.63. The Morgan fingerprint density at radius 1 is 1.37 bits per heavy atom. The highest BCUT2D eigenvalue weighted by Crippen LogP contribution is 2.24. The van der Waals surface area contributed by atoms with E-state index in [1.54, 1.807) is 12.3 Å². The second-order valence-corrected chi connectivity index (χ2v) is 3.96. The highest BCUT2D eigenvalue weighted by molar-refractivity contribution is 5.91. The molecule has 1 aromatic heterocycles. The number of ether oxygens (including phenoxy) is 1. The highest BCUT2D eigenvalue weighted by atomic mass is 19.1. The third-order valence-electron chi connectivity index (χ3n) is 2.76. The molecule has 0 N–H and O–H groups in total. The lowest BCUT2D eigenvalue weighted by Crippen LogP contribution is -2.03. The Hall–Kier alpha value is -2.30. The average Bonchev–Trinajstić information content (AvgIpc) is 2.45. The van der Waals surface area contributed by atoms with Crippen LogP contribution in [-0.4, -0.2) is 23.0 Å². The van der Waals surface area contributed by atoms with Crippen LogP contribution < -0.4 is 0 Å². The molecule has 19 heavy (non-hydrogen) atoms. The number of halogens is 1. The van der Waals surface area contributed by atoms with Gasteiger partial charge in [0, 0.05) is 11.8 Å². The summed E-state index contributed by atoms with van der Waals surface area (Å²) >= 11 is 0. The van der Waals surface area contributed by atoms with Gasteiger partial charge in [0.15, 0.2) is 0 Å². The molecule has 1 heterocycles. The predicted molar refractivity (Wildman–Crippen MR) is 68.1 cm³/mol. The maximum Gasteiger partial charge on any atom is 0.337 e. The SMILES string of the molecule is CCc1ncncc1-c1cc(F)cc(C(=O)OC)c1. The molecule has 0 saturated heterocycles. The number of aromatic nitrogens is 2. The largest absolute Gasteiger partial charge is 0.465 e. The Morgan fingerprint density at radius 3 is 2.84 bits per heavy atom. The van der Waals surface area contributed by atoms with Crippen LogP contribution in [0.25, 0.3) is 11.1 Å². The van der Waals surface area contributed by atoms with E-state index in [4.69, 9.17) is 0 Å². The molecule has 5 heteroatoms. The molecule has 0 bridgehead atoms. The summed E-state index contributed by atoms with van der Waals surface area (Å²) in [6.07, 6.45) is 3.76. The smallest absolute Gasteiger partial charge is 0.337 e. The van der Waals surface area contributed by atoms with E-state index in [0.29, 0.717) is 12.0 Å². The molecule has 0 amide bonds. The fourth-order valence-electron chi connectivity index (χ4n) is 1.86. The molecule has 0 aliphatic carbocycles. The molecule has 2 rings (SSSR count). The van der Waals surface area contributed by atoms with Gasteiger partial charge in [0.1, 0.15) is 12.1 Å². The first-order valence-corrected chi connectivity index (χ1v) is 5.84. The summed E-state index contributed by atoms with van der Waals surface area (Å²) in [6, 6.07) is 4.07. The van der Waals surface area contributed by atoms with Gasteiger partial charge in [-0.25, -0.2) is 19.2 Å². The van der Waals surface area contributed by atoms with Crippen LogP contribution in [0.4, 0.5) is 4.39 Å². The zero-order valence-electron chi connectivity index (χ0n) is 10.7. The fraction of sp³-hybridized carbons (Fsp3) is 0.214. The highest BCUT2D eigenvalue weighted by Gasteiger charge is 2.12. The summed E-state index contributed by atoms with van der Waals surface area (Å²) in [5, 5.41) is 0. The maximum absolute atomic E-state index is 13.6. The average molecular weight is 260 g/mol. The Balaban J connectivity index is 2.56. The second kappa shape index (κ2) is 5.56. The first kappa shape index (κ1) is 13.1. The number of benzene rings is 1. The third kappa shape index (κ3) is 2.76. The van der Waals surface area contributed by atoms with E-state index in [2.05, 4.69) is 14.7 Å². The van der Waals surface area contributed by atoms with Gasteiger partial charge in [0.05, 0.1) is 18.4 Å². The topological polar surface area (TPSA) is 52.1 Å². The minimum Gasteiger partial charge on any atom is -0.465 e. The van der Waals surface area contributed by atoms with Crippen LogP contribution in [0, 0.1) is 5.82 Å². The molecule has 0 saturated carbocycles. The van der Waals surface area contributed by atoms with Crippen LogP contribution in [0.5, 0.6) is 0 Å². The first-order valence-electron chi connectivity index (χ1n) is 5.84. The molecular formula is C14H13FN2O2. The number of methoxy groups -OCH3 is 1. The Morgan fingerprint density at radius 2 is 2.16 bits per heavy atom.